The number of fused-ring (bicyclic) bond motifs is 1. The summed E-state index contributed by atoms with van der Waals surface area (Å²) in [5, 5.41) is 30.0. The highest BCUT2D eigenvalue weighted by Gasteiger charge is 2.44. The molecule has 20 heteroatoms. The summed E-state index contributed by atoms with van der Waals surface area (Å²) < 4.78 is 35.1. The average molecular weight is 997 g/mol. The van der Waals surface area contributed by atoms with E-state index in [1.807, 2.05) is 56.3 Å². The number of aromatic carboxylic acids is 1. The molecule has 0 bridgehead atoms. The Morgan fingerprint density at radius 3 is 2.52 bits per heavy atom. The van der Waals surface area contributed by atoms with Crippen LogP contribution in [0.5, 0.6) is 5.75 Å². The van der Waals surface area contributed by atoms with E-state index in [0.717, 1.165) is 65.4 Å². The van der Waals surface area contributed by atoms with Gasteiger partial charge in [0.05, 0.1) is 10.6 Å². The van der Waals surface area contributed by atoms with Gasteiger partial charge < -0.3 is 30.5 Å². The van der Waals surface area contributed by atoms with Crippen molar-refractivity contribution in [3.63, 3.8) is 0 Å². The maximum atomic E-state index is 14.2. The highest BCUT2D eigenvalue weighted by molar-refractivity contribution is 7.89. The van der Waals surface area contributed by atoms with Crippen molar-refractivity contribution < 1.29 is 47.3 Å². The van der Waals surface area contributed by atoms with E-state index >= 15 is 0 Å². The molecule has 1 aromatic heterocycles. The third-order valence-corrected chi connectivity index (χ3v) is 17.7. The van der Waals surface area contributed by atoms with E-state index < -0.39 is 46.1 Å². The summed E-state index contributed by atoms with van der Waals surface area (Å²) >= 11 is 7.44. The minimum absolute atomic E-state index is 0.0122. The first-order valence-corrected chi connectivity index (χ1v) is 25.8. The number of aliphatic carboxylic acids is 1. The monoisotopic (exact) mass is 995 g/mol. The first-order valence-electron chi connectivity index (χ1n) is 23.0. The maximum Gasteiger partial charge on any atom is 0.349 e. The van der Waals surface area contributed by atoms with Crippen molar-refractivity contribution in [1.82, 2.24) is 19.8 Å². The molecule has 0 aliphatic carbocycles. The Bertz CT molecular complexity index is 3070. The number of sulfonamides is 1. The molecule has 3 amide bonds. The number of ether oxygens (including phenoxy) is 1. The van der Waals surface area contributed by atoms with Crippen LogP contribution in [0.2, 0.25) is 5.02 Å². The summed E-state index contributed by atoms with van der Waals surface area (Å²) in [7, 11) is -3.75. The van der Waals surface area contributed by atoms with Crippen LogP contribution < -0.4 is 25.6 Å². The maximum absolute atomic E-state index is 14.2. The van der Waals surface area contributed by atoms with Crippen LogP contribution in [0.1, 0.15) is 90.3 Å². The number of carboxylic acid groups (broad SMARTS) is 2. The molecule has 17 nitrogen and oxygen atoms in total. The van der Waals surface area contributed by atoms with E-state index in [1.54, 1.807) is 21.3 Å². The third kappa shape index (κ3) is 8.74. The van der Waals surface area contributed by atoms with E-state index in [0.29, 0.717) is 53.2 Å². The second kappa shape index (κ2) is 17.9. The summed E-state index contributed by atoms with van der Waals surface area (Å²) in [6, 6.07) is 16.2. The van der Waals surface area contributed by atoms with Crippen LogP contribution in [0.4, 0.5) is 11.4 Å². The van der Waals surface area contributed by atoms with Crippen molar-refractivity contribution in [2.24, 2.45) is 10.9 Å². The number of hydrogen-bond acceptors (Lipinski definition) is 13. The Balaban J connectivity index is 0.747. The van der Waals surface area contributed by atoms with E-state index in [1.165, 1.54) is 5.56 Å². The molecular weight excluding hydrogens is 946 g/mol. The number of halogens is 1. The number of nitrogens with one attached hydrogen (secondary N) is 3. The summed E-state index contributed by atoms with van der Waals surface area (Å²) in [5.74, 6) is -2.04. The molecule has 3 fully saturated rings. The number of amidine groups is 1. The number of aliphatic imine (C=N–C) groups is 1. The molecule has 0 spiro atoms. The Morgan fingerprint density at radius 1 is 1.00 bits per heavy atom. The highest BCUT2D eigenvalue weighted by Crippen LogP contribution is 2.47. The van der Waals surface area contributed by atoms with Crippen LogP contribution in [-0.4, -0.2) is 113 Å². The number of hydrogen-bond donors (Lipinski definition) is 5. The minimum Gasteiger partial charge on any atom is -0.479 e. The van der Waals surface area contributed by atoms with Crippen molar-refractivity contribution in [2.45, 2.75) is 82.3 Å². The fourth-order valence-electron chi connectivity index (χ4n) is 10.9. The molecule has 5 N–H and O–H groups in total. The van der Waals surface area contributed by atoms with Crippen molar-refractivity contribution in [2.75, 3.05) is 42.2 Å². The number of carbonyl (C=O) groups is 5. The van der Waals surface area contributed by atoms with Crippen LogP contribution >= 0.6 is 22.9 Å². The lowest BCUT2D eigenvalue weighted by Crippen LogP contribution is -2.56. The number of carboxylic acids is 2. The van der Waals surface area contributed by atoms with Crippen LogP contribution in [0.15, 0.2) is 83.3 Å². The van der Waals surface area contributed by atoms with E-state index in [9.17, 15) is 37.5 Å². The van der Waals surface area contributed by atoms with E-state index in [2.05, 4.69) is 33.0 Å². The predicted octanol–water partition coefficient (Wildman–Crippen LogP) is 6.76. The molecule has 6 aliphatic heterocycles. The molecule has 3 atom stereocenters. The van der Waals surface area contributed by atoms with E-state index in [4.69, 9.17) is 26.4 Å². The number of carbonyl (C=O) groups excluding carboxylic acids is 3. The van der Waals surface area contributed by atoms with Gasteiger partial charge in [0.1, 0.15) is 28.5 Å². The van der Waals surface area contributed by atoms with Gasteiger partial charge >= 0.3 is 11.9 Å². The first kappa shape index (κ1) is 46.4. The Hall–Kier alpha value is -6.28. The zero-order valence-electron chi connectivity index (χ0n) is 37.8. The number of rotatable bonds is 13. The van der Waals surface area contributed by atoms with Crippen molar-refractivity contribution in [3.8, 4) is 16.2 Å². The van der Waals surface area contributed by atoms with Gasteiger partial charge in [0.15, 0.2) is 17.2 Å². The van der Waals surface area contributed by atoms with Crippen LogP contribution in [-0.2, 0) is 24.4 Å². The van der Waals surface area contributed by atoms with Gasteiger partial charge in [0.25, 0.3) is 5.91 Å². The van der Waals surface area contributed by atoms with Gasteiger partial charge in [-0.15, -0.1) is 11.3 Å². The zero-order chi connectivity index (χ0) is 48.5. The molecule has 360 valence electrons. The molecule has 3 saturated heterocycles. The largest absolute Gasteiger partial charge is 0.479 e. The normalized spacial score (nSPS) is 22.7. The van der Waals surface area contributed by atoms with Crippen LogP contribution in [0, 0.1) is 5.92 Å². The molecule has 10 rings (SSSR count). The van der Waals surface area contributed by atoms with Gasteiger partial charge in [0.2, 0.25) is 21.8 Å². The number of allylic oxidation sites excluding steroid dienone is 1. The average Bonchev–Trinajstić information content (AvgIpc) is 3.97. The lowest BCUT2D eigenvalue weighted by molar-refractivity contribution is -0.139. The number of anilines is 2. The molecule has 0 saturated carbocycles. The molecule has 6 aliphatic rings. The minimum atomic E-state index is -3.75. The number of nitrogens with zero attached hydrogens (tertiary/aromatic N) is 4. The summed E-state index contributed by atoms with van der Waals surface area (Å²) in [6.45, 7) is 4.95. The Kier molecular flexibility index (Phi) is 12.1. The molecule has 69 heavy (non-hydrogen) atoms. The number of thiophene rings is 1. The number of imide groups is 1. The Labute approximate surface area is 406 Å². The van der Waals surface area contributed by atoms with Gasteiger partial charge in [-0.2, -0.15) is 4.31 Å². The fraction of sp³-hybridized carbons (Fsp3) is 0.388. The van der Waals surface area contributed by atoms with Crippen molar-refractivity contribution in [3.05, 3.63) is 99.3 Å². The van der Waals surface area contributed by atoms with Gasteiger partial charge in [-0.1, -0.05) is 48.0 Å². The highest BCUT2D eigenvalue weighted by atomic mass is 35.5. The standard InChI is InChI=1S/C49H50ClN7O10S2/c1-49(2)23-30(51-29-6-3-5-27(21-29)43-41(50)42(67-24-39(59)60)44(68-43)48(63)64)17-20-56(49)69(65,66)25-31-10-9-28-22-37(53-45(28)52-31)55-18-15-26(16-19-55)32-11-12-35-40-33(32)7-4-8-34(40)47(62)57(35)36-13-14-38(58)54-46(36)61/h3-8,10-12,21-22,26,28,30,36,51H,9,13-20,23-25H2,1-2H3,(H,52,53)(H,59,60)(H,63,64)(H,54,58,61). The number of piperidine rings is 3. The van der Waals surface area contributed by atoms with Crippen LogP contribution in [0.3, 0.4) is 0 Å². The number of amides is 3. The lowest BCUT2D eigenvalue weighted by Gasteiger charge is -2.45. The van der Waals surface area contributed by atoms with E-state index in [-0.39, 0.29) is 63.9 Å². The second-order valence-corrected chi connectivity index (χ2v) is 22.3. The second-order valence-electron chi connectivity index (χ2n) is 19.0. The molecular formula is C49H50ClN7O10S2. The van der Waals surface area contributed by atoms with Gasteiger partial charge in [-0.3, -0.25) is 24.6 Å². The number of likely N-dealkylation sites (tertiary alicyclic amines) is 1. The van der Waals surface area contributed by atoms with Crippen LogP contribution in [0.25, 0.3) is 21.2 Å². The Morgan fingerprint density at radius 2 is 1.78 bits per heavy atom. The lowest BCUT2D eigenvalue weighted by atomic mass is 9.85. The SMILES string of the molecule is CC1(C)CC(Nc2cccc(-c3sc(C(=O)O)c(OCC(=O)O)c3Cl)c2)CCN1S(=O)(=O)CC1=CCC2C=C(N3CCC(c4ccc5c6c(cccc46)C(=O)N5C4CCC(=O)NC4=O)CC3)N=C2N1. The van der Waals surface area contributed by atoms with Crippen molar-refractivity contribution >= 4 is 90.6 Å². The predicted molar refractivity (Wildman–Crippen MR) is 261 cm³/mol. The molecule has 3 aromatic carbocycles. The molecule has 3 unspecified atom stereocenters. The quantitative estimate of drug-likeness (QED) is 0.0874. The fourth-order valence-corrected chi connectivity index (χ4v) is 14.2. The summed E-state index contributed by atoms with van der Waals surface area (Å²) in [4.78, 5) is 70.5. The first-order chi connectivity index (χ1) is 33.0. The molecule has 0 radical (unpaired) electrons. The topological polar surface area (TPSA) is 227 Å². The molecule has 4 aromatic rings. The summed E-state index contributed by atoms with van der Waals surface area (Å²) in [6.07, 6.45) is 8.01. The van der Waals surface area contributed by atoms with Crippen molar-refractivity contribution in [1.29, 1.82) is 0 Å². The van der Waals surface area contributed by atoms with Gasteiger partial charge in [-0.25, -0.2) is 23.0 Å². The van der Waals surface area contributed by atoms with Gasteiger partial charge in [0, 0.05) is 65.9 Å². The smallest absolute Gasteiger partial charge is 0.349 e. The zero-order valence-corrected chi connectivity index (χ0v) is 40.2. The third-order valence-electron chi connectivity index (χ3n) is 14.0. The summed E-state index contributed by atoms with van der Waals surface area (Å²) in [5.41, 5.74) is 3.67. The van der Waals surface area contributed by atoms with Gasteiger partial charge in [-0.05, 0) is 105 Å². The molecule has 7 heterocycles. The number of benzene rings is 3.